The zero-order valence-corrected chi connectivity index (χ0v) is 11.3. The molecule has 2 aromatic heterocycles. The van der Waals surface area contributed by atoms with Gasteiger partial charge >= 0.3 is 0 Å². The molecule has 0 spiro atoms. The van der Waals surface area contributed by atoms with Crippen molar-refractivity contribution in [2.24, 2.45) is 0 Å². The molecule has 2 aliphatic rings. The second-order valence-electron chi connectivity index (χ2n) is 4.96. The van der Waals surface area contributed by atoms with Gasteiger partial charge in [-0.15, -0.1) is 11.3 Å². The predicted octanol–water partition coefficient (Wildman–Crippen LogP) is 2.51. The van der Waals surface area contributed by atoms with Gasteiger partial charge in [0.05, 0.1) is 5.69 Å². The Balaban J connectivity index is 1.91. The first kappa shape index (κ1) is 11.0. The van der Waals surface area contributed by atoms with E-state index in [4.69, 9.17) is 0 Å². The average Bonchev–Trinajstić information content (AvgIpc) is 2.88. The molecule has 96 valence electrons. The minimum absolute atomic E-state index is 0.0583. The molecular formula is C14H13N3OS. The van der Waals surface area contributed by atoms with Crippen LogP contribution in [0.3, 0.4) is 0 Å². The Hall–Kier alpha value is -1.88. The number of amides is 1. The van der Waals surface area contributed by atoms with Crippen LogP contribution in [-0.2, 0) is 11.2 Å². The highest BCUT2D eigenvalue weighted by molar-refractivity contribution is 7.10. The molecule has 4 heterocycles. The highest BCUT2D eigenvalue weighted by Gasteiger charge is 2.39. The molecule has 2 aliphatic heterocycles. The summed E-state index contributed by atoms with van der Waals surface area (Å²) in [6.07, 6.45) is 2.80. The van der Waals surface area contributed by atoms with Gasteiger partial charge in [-0.25, -0.2) is 4.98 Å². The lowest BCUT2D eigenvalue weighted by atomic mass is 9.96. The maximum atomic E-state index is 12.4. The Morgan fingerprint density at radius 1 is 1.47 bits per heavy atom. The van der Waals surface area contributed by atoms with Crippen LogP contribution < -0.4 is 10.2 Å². The van der Waals surface area contributed by atoms with Crippen LogP contribution in [0.4, 0.5) is 11.5 Å². The van der Waals surface area contributed by atoms with Crippen LogP contribution in [0, 0.1) is 6.92 Å². The summed E-state index contributed by atoms with van der Waals surface area (Å²) in [5.74, 6) is 0.962. The number of hydrogen-bond acceptors (Lipinski definition) is 4. The van der Waals surface area contributed by atoms with E-state index in [1.165, 1.54) is 4.88 Å². The fourth-order valence-corrected chi connectivity index (χ4v) is 3.84. The SMILES string of the molecule is Cc1ccnc2c1NC(=O)C1c3ccsc3CCN21. The largest absolute Gasteiger partial charge is 0.339 e. The van der Waals surface area contributed by atoms with E-state index in [2.05, 4.69) is 26.6 Å². The maximum Gasteiger partial charge on any atom is 0.251 e. The summed E-state index contributed by atoms with van der Waals surface area (Å²) in [6, 6.07) is 3.79. The molecular weight excluding hydrogens is 258 g/mol. The van der Waals surface area contributed by atoms with Crippen molar-refractivity contribution in [3.63, 3.8) is 0 Å². The van der Waals surface area contributed by atoms with Crippen molar-refractivity contribution in [1.82, 2.24) is 4.98 Å². The zero-order valence-electron chi connectivity index (χ0n) is 10.5. The van der Waals surface area contributed by atoms with Crippen molar-refractivity contribution in [2.45, 2.75) is 19.4 Å². The summed E-state index contributed by atoms with van der Waals surface area (Å²) in [5.41, 5.74) is 3.07. The van der Waals surface area contributed by atoms with E-state index in [9.17, 15) is 4.79 Å². The number of nitrogens with one attached hydrogen (secondary N) is 1. The molecule has 0 aliphatic carbocycles. The van der Waals surface area contributed by atoms with Crippen LogP contribution in [-0.4, -0.2) is 17.4 Å². The quantitative estimate of drug-likeness (QED) is 0.800. The molecule has 19 heavy (non-hydrogen) atoms. The van der Waals surface area contributed by atoms with Crippen molar-refractivity contribution in [1.29, 1.82) is 0 Å². The molecule has 0 aromatic carbocycles. The number of thiophene rings is 1. The fourth-order valence-electron chi connectivity index (χ4n) is 2.94. The number of carbonyl (C=O) groups excluding carboxylic acids is 1. The highest BCUT2D eigenvalue weighted by Crippen LogP contribution is 2.42. The van der Waals surface area contributed by atoms with Gasteiger partial charge in [0.15, 0.2) is 5.82 Å². The van der Waals surface area contributed by atoms with Crippen LogP contribution in [0.2, 0.25) is 0 Å². The van der Waals surface area contributed by atoms with Gasteiger partial charge in [0.1, 0.15) is 6.04 Å². The van der Waals surface area contributed by atoms with Crippen molar-refractivity contribution >= 4 is 28.7 Å². The van der Waals surface area contributed by atoms with E-state index in [-0.39, 0.29) is 11.9 Å². The maximum absolute atomic E-state index is 12.4. The lowest BCUT2D eigenvalue weighted by molar-refractivity contribution is -0.118. The first-order chi connectivity index (χ1) is 9.25. The van der Waals surface area contributed by atoms with Crippen LogP contribution in [0.15, 0.2) is 23.7 Å². The second kappa shape index (κ2) is 3.81. The molecule has 5 heteroatoms. The highest BCUT2D eigenvalue weighted by atomic mass is 32.1. The number of aromatic nitrogens is 1. The number of carbonyl (C=O) groups is 1. The van der Waals surface area contributed by atoms with Crippen LogP contribution in [0.5, 0.6) is 0 Å². The molecule has 0 bridgehead atoms. The number of anilines is 2. The number of fused-ring (bicyclic) bond motifs is 5. The molecule has 0 saturated heterocycles. The molecule has 2 aromatic rings. The predicted molar refractivity (Wildman–Crippen MR) is 75.7 cm³/mol. The molecule has 4 nitrogen and oxygen atoms in total. The monoisotopic (exact) mass is 271 g/mol. The lowest BCUT2D eigenvalue weighted by Crippen LogP contribution is -2.45. The molecule has 0 fully saturated rings. The Morgan fingerprint density at radius 3 is 3.26 bits per heavy atom. The minimum atomic E-state index is -0.211. The number of aryl methyl sites for hydroxylation is 1. The Bertz CT molecular complexity index is 679. The van der Waals surface area contributed by atoms with Gasteiger partial charge < -0.3 is 10.2 Å². The number of rotatable bonds is 0. The topological polar surface area (TPSA) is 45.2 Å². The summed E-state index contributed by atoms with van der Waals surface area (Å²) in [4.78, 5) is 20.4. The van der Waals surface area contributed by atoms with Crippen molar-refractivity contribution in [3.8, 4) is 0 Å². The molecule has 0 saturated carbocycles. The zero-order chi connectivity index (χ0) is 13.0. The van der Waals surface area contributed by atoms with Crippen molar-refractivity contribution in [3.05, 3.63) is 39.7 Å². The second-order valence-corrected chi connectivity index (χ2v) is 5.96. The number of nitrogens with zero attached hydrogens (tertiary/aromatic N) is 2. The van der Waals surface area contributed by atoms with Crippen molar-refractivity contribution in [2.75, 3.05) is 16.8 Å². The van der Waals surface area contributed by atoms with Gasteiger partial charge in [-0.05, 0) is 42.0 Å². The fraction of sp³-hybridized carbons (Fsp3) is 0.286. The van der Waals surface area contributed by atoms with E-state index in [0.29, 0.717) is 0 Å². The summed E-state index contributed by atoms with van der Waals surface area (Å²) in [6.45, 7) is 2.86. The number of pyridine rings is 1. The molecule has 1 unspecified atom stereocenters. The van der Waals surface area contributed by atoms with Crippen LogP contribution >= 0.6 is 11.3 Å². The average molecular weight is 271 g/mol. The smallest absolute Gasteiger partial charge is 0.251 e. The first-order valence-electron chi connectivity index (χ1n) is 6.35. The van der Waals surface area contributed by atoms with Gasteiger partial charge in [-0.1, -0.05) is 0 Å². The normalized spacial score (nSPS) is 20.4. The third kappa shape index (κ3) is 1.45. The van der Waals surface area contributed by atoms with E-state index in [1.54, 1.807) is 11.3 Å². The summed E-state index contributed by atoms with van der Waals surface area (Å²) in [7, 11) is 0. The van der Waals surface area contributed by atoms with Gasteiger partial charge in [0.2, 0.25) is 0 Å². The van der Waals surface area contributed by atoms with Gasteiger partial charge in [0.25, 0.3) is 5.91 Å². The van der Waals surface area contributed by atoms with E-state index in [0.717, 1.165) is 35.6 Å². The number of hydrogen-bond donors (Lipinski definition) is 1. The van der Waals surface area contributed by atoms with E-state index >= 15 is 0 Å². The lowest BCUT2D eigenvalue weighted by Gasteiger charge is -2.40. The summed E-state index contributed by atoms with van der Waals surface area (Å²) >= 11 is 1.74. The van der Waals surface area contributed by atoms with E-state index < -0.39 is 0 Å². The Labute approximate surface area is 115 Å². The summed E-state index contributed by atoms with van der Waals surface area (Å²) in [5, 5.41) is 5.09. The van der Waals surface area contributed by atoms with Crippen LogP contribution in [0.25, 0.3) is 0 Å². The molecule has 1 atom stereocenters. The van der Waals surface area contributed by atoms with Crippen LogP contribution in [0.1, 0.15) is 22.0 Å². The van der Waals surface area contributed by atoms with Gasteiger partial charge in [0, 0.05) is 17.6 Å². The van der Waals surface area contributed by atoms with Crippen molar-refractivity contribution < 1.29 is 4.79 Å². The Kier molecular flexibility index (Phi) is 2.20. The molecule has 0 radical (unpaired) electrons. The van der Waals surface area contributed by atoms with Gasteiger partial charge in [-0.2, -0.15) is 0 Å². The molecule has 1 amide bonds. The third-order valence-corrected chi connectivity index (χ3v) is 4.87. The molecule has 1 N–H and O–H groups in total. The molecule has 4 rings (SSSR count). The van der Waals surface area contributed by atoms with Gasteiger partial charge in [-0.3, -0.25) is 4.79 Å². The summed E-state index contributed by atoms with van der Waals surface area (Å²) < 4.78 is 0. The third-order valence-electron chi connectivity index (χ3n) is 3.87. The minimum Gasteiger partial charge on any atom is -0.339 e. The van der Waals surface area contributed by atoms with E-state index in [1.807, 2.05) is 19.2 Å². The standard InChI is InChI=1S/C14H13N3OS/c1-8-2-5-15-13-11(8)16-14(18)12-9-4-7-19-10(9)3-6-17(12)13/h2,4-5,7,12H,3,6H2,1H3,(H,16,18). The Morgan fingerprint density at radius 2 is 2.37 bits per heavy atom. The first-order valence-corrected chi connectivity index (χ1v) is 7.23.